The van der Waals surface area contributed by atoms with Crippen molar-refractivity contribution in [2.75, 3.05) is 0 Å². The number of fused-ring (bicyclic) bond motifs is 10. The van der Waals surface area contributed by atoms with Gasteiger partial charge in [-0.2, -0.15) is 0 Å². The zero-order valence-corrected chi connectivity index (χ0v) is 30.0. The van der Waals surface area contributed by atoms with Crippen LogP contribution in [0.1, 0.15) is 22.9 Å². The molecule has 0 spiro atoms. The van der Waals surface area contributed by atoms with Gasteiger partial charge in [-0.3, -0.25) is 0 Å². The fraction of sp³-hybridized carbons (Fsp3) is 0.0196. The van der Waals surface area contributed by atoms with Gasteiger partial charge in [0.05, 0.1) is 0 Å². The first-order valence-electron chi connectivity index (χ1n) is 18.9. The van der Waals surface area contributed by atoms with Gasteiger partial charge in [0.1, 0.15) is 34.3 Å². The molecule has 56 heavy (non-hydrogen) atoms. The average Bonchev–Trinajstić information content (AvgIpc) is 3.82. The van der Waals surface area contributed by atoms with Crippen molar-refractivity contribution in [1.82, 2.24) is 5.32 Å². The molecule has 262 valence electrons. The second-order valence-electron chi connectivity index (χ2n) is 14.6. The quantitative estimate of drug-likeness (QED) is 0.184. The minimum absolute atomic E-state index is 0.515. The molecule has 0 saturated carbocycles. The minimum Gasteiger partial charge on any atom is -0.456 e. The molecule has 12 rings (SSSR count). The van der Waals surface area contributed by atoms with Crippen LogP contribution in [0.2, 0.25) is 0 Å². The lowest BCUT2D eigenvalue weighted by atomic mass is 9.92. The molecule has 1 unspecified atom stereocenters. The molecule has 1 aliphatic rings. The molecule has 0 radical (unpaired) electrons. The number of aliphatic imine (C=N–C) groups is 2. The first-order valence-corrected chi connectivity index (χ1v) is 18.9. The molecule has 1 atom stereocenters. The van der Waals surface area contributed by atoms with Crippen molar-refractivity contribution in [2.45, 2.75) is 6.17 Å². The number of hydrogen-bond donors (Lipinski definition) is 1. The molecule has 5 nitrogen and oxygen atoms in total. The highest BCUT2D eigenvalue weighted by molar-refractivity contribution is 6.18. The summed E-state index contributed by atoms with van der Waals surface area (Å²) < 4.78 is 13.1. The van der Waals surface area contributed by atoms with Crippen LogP contribution in [-0.4, -0.2) is 11.7 Å². The zero-order chi connectivity index (χ0) is 36.7. The Balaban J connectivity index is 1.14. The Morgan fingerprint density at radius 3 is 1.95 bits per heavy atom. The van der Waals surface area contributed by atoms with Crippen LogP contribution < -0.4 is 5.32 Å². The maximum absolute atomic E-state index is 6.68. The molecule has 11 aromatic rings. The van der Waals surface area contributed by atoms with E-state index in [1.165, 1.54) is 21.5 Å². The van der Waals surface area contributed by atoms with Gasteiger partial charge in [-0.25, -0.2) is 9.98 Å². The maximum Gasteiger partial charge on any atom is 0.159 e. The number of nitrogens with zero attached hydrogens (tertiary/aromatic N) is 2. The number of furan rings is 2. The molecule has 0 fully saturated rings. The first-order chi connectivity index (χ1) is 27.7. The van der Waals surface area contributed by atoms with Crippen molar-refractivity contribution < 1.29 is 8.83 Å². The molecule has 1 N–H and O–H groups in total. The molecule has 0 bridgehead atoms. The van der Waals surface area contributed by atoms with Crippen LogP contribution in [0.3, 0.4) is 0 Å². The van der Waals surface area contributed by atoms with Gasteiger partial charge in [0, 0.05) is 38.2 Å². The predicted octanol–water partition coefficient (Wildman–Crippen LogP) is 13.1. The van der Waals surface area contributed by atoms with Crippen LogP contribution >= 0.6 is 0 Å². The topological polar surface area (TPSA) is 63.0 Å². The largest absolute Gasteiger partial charge is 0.456 e. The molecule has 9 aromatic carbocycles. The van der Waals surface area contributed by atoms with Gasteiger partial charge < -0.3 is 14.2 Å². The standard InChI is InChI=1S/C51H31N3O2/c1-2-11-32(12-3-1)49-52-50(36-21-20-31-19-18-30-10-6-7-15-37(30)41(31)27-36)54-51(53-49)48-38(35-22-23-40-39-16-8-9-17-43(39)55-45(40)29-35)24-25-44-47(48)42-26-33-13-4-5-14-34(33)28-46(42)56-44/h1-29,51H,(H,52,53,54). The maximum atomic E-state index is 6.68. The van der Waals surface area contributed by atoms with Gasteiger partial charge >= 0.3 is 0 Å². The third kappa shape index (κ3) is 4.81. The number of para-hydroxylation sites is 1. The van der Waals surface area contributed by atoms with Crippen LogP contribution in [0.15, 0.2) is 195 Å². The van der Waals surface area contributed by atoms with Crippen molar-refractivity contribution in [3.63, 3.8) is 0 Å². The van der Waals surface area contributed by atoms with E-state index in [1.54, 1.807) is 0 Å². The summed E-state index contributed by atoms with van der Waals surface area (Å²) in [4.78, 5) is 10.8. The van der Waals surface area contributed by atoms with E-state index < -0.39 is 6.17 Å². The lowest BCUT2D eigenvalue weighted by Crippen LogP contribution is -2.34. The van der Waals surface area contributed by atoms with Crippen molar-refractivity contribution in [3.05, 3.63) is 193 Å². The van der Waals surface area contributed by atoms with Gasteiger partial charge in [-0.1, -0.05) is 133 Å². The van der Waals surface area contributed by atoms with Crippen LogP contribution in [0.5, 0.6) is 0 Å². The van der Waals surface area contributed by atoms with E-state index in [1.807, 2.05) is 30.3 Å². The van der Waals surface area contributed by atoms with Crippen molar-refractivity contribution in [2.24, 2.45) is 9.98 Å². The SMILES string of the molecule is c1ccc(C2=NC(c3ccc4ccc5ccccc5c4c3)=NC(c3c(-c4ccc5c(c4)oc4ccccc45)ccc4oc5cc6ccccc6cc5c34)N2)cc1. The van der Waals surface area contributed by atoms with Gasteiger partial charge in [-0.05, 0) is 85.9 Å². The second kappa shape index (κ2) is 12.0. The number of amidine groups is 2. The van der Waals surface area contributed by atoms with Gasteiger partial charge in [-0.15, -0.1) is 0 Å². The summed E-state index contributed by atoms with van der Waals surface area (Å²) in [6.07, 6.45) is -0.515. The Labute approximate surface area is 320 Å². The highest BCUT2D eigenvalue weighted by Crippen LogP contribution is 2.44. The van der Waals surface area contributed by atoms with E-state index in [2.05, 4.69) is 151 Å². The first kappa shape index (κ1) is 30.9. The van der Waals surface area contributed by atoms with Crippen molar-refractivity contribution >= 4 is 87.9 Å². The summed E-state index contributed by atoms with van der Waals surface area (Å²) in [5.74, 6) is 1.42. The highest BCUT2D eigenvalue weighted by atomic mass is 16.3. The Morgan fingerprint density at radius 2 is 1.07 bits per heavy atom. The second-order valence-corrected chi connectivity index (χ2v) is 14.6. The average molecular weight is 718 g/mol. The Bertz CT molecular complexity index is 3460. The van der Waals surface area contributed by atoms with E-state index in [0.717, 1.165) is 88.3 Å². The summed E-state index contributed by atoms with van der Waals surface area (Å²) in [6, 6.07) is 61.6. The minimum atomic E-state index is -0.515. The van der Waals surface area contributed by atoms with Crippen molar-refractivity contribution in [1.29, 1.82) is 0 Å². The van der Waals surface area contributed by atoms with E-state index in [-0.39, 0.29) is 0 Å². The summed E-state index contributed by atoms with van der Waals surface area (Å²) in [6.45, 7) is 0. The monoisotopic (exact) mass is 717 g/mol. The molecule has 5 heteroatoms. The number of rotatable bonds is 4. The molecule has 0 aliphatic carbocycles. The molecule has 1 aliphatic heterocycles. The van der Waals surface area contributed by atoms with Crippen LogP contribution in [-0.2, 0) is 0 Å². The van der Waals surface area contributed by atoms with Gasteiger partial charge in [0.15, 0.2) is 5.84 Å². The number of hydrogen-bond acceptors (Lipinski definition) is 5. The number of benzene rings is 9. The molecule has 3 heterocycles. The Hall–Kier alpha value is -7.50. The predicted molar refractivity (Wildman–Crippen MR) is 231 cm³/mol. The smallest absolute Gasteiger partial charge is 0.159 e. The highest BCUT2D eigenvalue weighted by Gasteiger charge is 2.28. The summed E-state index contributed by atoms with van der Waals surface area (Å²) in [7, 11) is 0. The summed E-state index contributed by atoms with van der Waals surface area (Å²) >= 11 is 0. The van der Waals surface area contributed by atoms with Gasteiger partial charge in [0.2, 0.25) is 0 Å². The molecule has 0 saturated heterocycles. The van der Waals surface area contributed by atoms with Crippen LogP contribution in [0, 0.1) is 0 Å². The van der Waals surface area contributed by atoms with Crippen LogP contribution in [0.4, 0.5) is 0 Å². The van der Waals surface area contributed by atoms with Gasteiger partial charge in [0.25, 0.3) is 0 Å². The fourth-order valence-electron chi connectivity index (χ4n) is 8.62. The van der Waals surface area contributed by atoms with Crippen LogP contribution in [0.25, 0.3) is 87.3 Å². The van der Waals surface area contributed by atoms with E-state index in [9.17, 15) is 0 Å². The lowest BCUT2D eigenvalue weighted by molar-refractivity contribution is 0.663. The van der Waals surface area contributed by atoms with E-state index in [4.69, 9.17) is 18.8 Å². The Kier molecular flexibility index (Phi) is 6.63. The normalized spacial score (nSPS) is 14.6. The third-order valence-corrected chi connectivity index (χ3v) is 11.3. The fourth-order valence-corrected chi connectivity index (χ4v) is 8.62. The lowest BCUT2D eigenvalue weighted by Gasteiger charge is -2.26. The molecule has 0 amide bonds. The Morgan fingerprint density at radius 1 is 0.411 bits per heavy atom. The molecule has 2 aromatic heterocycles. The zero-order valence-electron chi connectivity index (χ0n) is 30.0. The summed E-state index contributed by atoms with van der Waals surface area (Å²) in [5.41, 5.74) is 8.37. The summed E-state index contributed by atoms with van der Waals surface area (Å²) in [5, 5.41) is 15.1. The molecular formula is C51H31N3O2. The molecular weight excluding hydrogens is 687 g/mol. The van der Waals surface area contributed by atoms with E-state index in [0.29, 0.717) is 5.84 Å². The number of nitrogens with one attached hydrogen (secondary N) is 1. The third-order valence-electron chi connectivity index (χ3n) is 11.3. The van der Waals surface area contributed by atoms with Crippen molar-refractivity contribution in [3.8, 4) is 11.1 Å². The van der Waals surface area contributed by atoms with E-state index >= 15 is 0 Å².